The minimum Gasteiger partial charge on any atom is -0.419 e. The Balaban J connectivity index is 3.09. The van der Waals surface area contributed by atoms with Crippen LogP contribution in [0.4, 0.5) is 13.2 Å². The van der Waals surface area contributed by atoms with Gasteiger partial charge in [-0.2, -0.15) is 0 Å². The molecule has 10 heteroatoms. The maximum absolute atomic E-state index is 12.0. The SMILES string of the molecule is O=[P+](O)Oc1cccc(OC(F)(F)F)c1OI. The normalized spacial score (nSPS) is 11.9. The van der Waals surface area contributed by atoms with Crippen LogP contribution in [0, 0.1) is 0 Å². The zero-order valence-electron chi connectivity index (χ0n) is 7.77. The fourth-order valence-corrected chi connectivity index (χ4v) is 1.68. The number of benzene rings is 1. The van der Waals surface area contributed by atoms with Crippen molar-refractivity contribution in [3.63, 3.8) is 0 Å². The summed E-state index contributed by atoms with van der Waals surface area (Å²) in [4.78, 5) is 8.52. The van der Waals surface area contributed by atoms with Crippen molar-refractivity contribution in [2.24, 2.45) is 0 Å². The Morgan fingerprint density at radius 1 is 1.29 bits per heavy atom. The molecule has 1 N–H and O–H groups in total. The van der Waals surface area contributed by atoms with Gasteiger partial charge in [0, 0.05) is 4.57 Å². The van der Waals surface area contributed by atoms with Gasteiger partial charge in [0.25, 0.3) is 0 Å². The molecule has 0 saturated carbocycles. The largest absolute Gasteiger partial charge is 0.747 e. The van der Waals surface area contributed by atoms with Crippen LogP contribution in [0.5, 0.6) is 17.2 Å². The lowest BCUT2D eigenvalue weighted by atomic mass is 10.3. The van der Waals surface area contributed by atoms with Gasteiger partial charge in [0.15, 0.2) is 28.8 Å². The first-order valence-corrected chi connectivity index (χ1v) is 5.86. The van der Waals surface area contributed by atoms with E-state index in [4.69, 9.17) is 4.89 Å². The standard InChI is InChI=1S/C7H3F3IO5P/c8-7(9,10)14-4-2-1-3-5(6(4)15-11)16-17(12)13/h1-3H/p+1. The number of halogens is 4. The van der Waals surface area contributed by atoms with Gasteiger partial charge in [-0.1, -0.05) is 6.07 Å². The Labute approximate surface area is 108 Å². The molecule has 0 amide bonds. The van der Waals surface area contributed by atoms with E-state index in [2.05, 4.69) is 12.3 Å². The molecule has 0 bridgehead atoms. The molecule has 0 fully saturated rings. The second-order valence-electron chi connectivity index (χ2n) is 2.54. The van der Waals surface area contributed by atoms with Crippen molar-refractivity contribution < 1.29 is 35.0 Å². The molecular weight excluding hydrogens is 379 g/mol. The molecular formula is C7H4F3IO5P+. The van der Waals surface area contributed by atoms with E-state index in [0.29, 0.717) is 0 Å². The molecule has 0 radical (unpaired) electrons. The molecule has 0 aliphatic heterocycles. The monoisotopic (exact) mass is 383 g/mol. The highest BCUT2D eigenvalue weighted by atomic mass is 127. The van der Waals surface area contributed by atoms with Gasteiger partial charge in [0.2, 0.25) is 11.5 Å². The first-order chi connectivity index (χ1) is 7.83. The Kier molecular flexibility index (Phi) is 4.78. The Morgan fingerprint density at radius 2 is 1.88 bits per heavy atom. The second kappa shape index (κ2) is 5.69. The fourth-order valence-electron chi connectivity index (χ4n) is 0.933. The quantitative estimate of drug-likeness (QED) is 0.639. The third kappa shape index (κ3) is 4.52. The summed E-state index contributed by atoms with van der Waals surface area (Å²) in [5.41, 5.74) is 0. The second-order valence-corrected chi connectivity index (χ2v) is 3.64. The highest BCUT2D eigenvalue weighted by molar-refractivity contribution is 14.1. The van der Waals surface area contributed by atoms with Crippen LogP contribution in [0.25, 0.3) is 0 Å². The van der Waals surface area contributed by atoms with E-state index in [1.807, 2.05) is 0 Å². The summed E-state index contributed by atoms with van der Waals surface area (Å²) in [6, 6.07) is 3.31. The van der Waals surface area contributed by atoms with E-state index in [-0.39, 0.29) is 5.75 Å². The van der Waals surface area contributed by atoms with Crippen molar-refractivity contribution in [3.8, 4) is 17.2 Å². The van der Waals surface area contributed by atoms with E-state index in [1.54, 1.807) is 0 Å². The zero-order chi connectivity index (χ0) is 13.1. The lowest BCUT2D eigenvalue weighted by molar-refractivity contribution is -0.274. The van der Waals surface area contributed by atoms with E-state index in [0.717, 1.165) is 12.1 Å². The molecule has 0 spiro atoms. The molecule has 5 nitrogen and oxygen atoms in total. The molecule has 1 atom stereocenters. The third-order valence-electron chi connectivity index (χ3n) is 1.42. The summed E-state index contributed by atoms with van der Waals surface area (Å²) < 4.78 is 59.2. The number of ether oxygens (including phenoxy) is 1. The van der Waals surface area contributed by atoms with Gasteiger partial charge in [-0.3, -0.25) is 0 Å². The summed E-state index contributed by atoms with van der Waals surface area (Å²) in [6.45, 7) is 0. The summed E-state index contributed by atoms with van der Waals surface area (Å²) in [7, 11) is -3.01. The lowest BCUT2D eigenvalue weighted by Crippen LogP contribution is -2.17. The average molecular weight is 383 g/mol. The van der Waals surface area contributed by atoms with Crippen LogP contribution in [0.2, 0.25) is 0 Å². The van der Waals surface area contributed by atoms with Crippen LogP contribution in [-0.4, -0.2) is 11.3 Å². The summed E-state index contributed by atoms with van der Waals surface area (Å²) >= 11 is 1.30. The molecule has 0 aliphatic carbocycles. The molecule has 17 heavy (non-hydrogen) atoms. The highest BCUT2D eigenvalue weighted by Gasteiger charge is 2.34. The molecule has 1 aromatic carbocycles. The van der Waals surface area contributed by atoms with Gasteiger partial charge in [0.05, 0.1) is 0 Å². The fraction of sp³-hybridized carbons (Fsp3) is 0.143. The average Bonchev–Trinajstić information content (AvgIpc) is 2.14. The first kappa shape index (κ1) is 14.3. The number of hydrogen-bond acceptors (Lipinski definition) is 4. The maximum Gasteiger partial charge on any atom is 0.747 e. The molecule has 1 unspecified atom stereocenters. The Morgan fingerprint density at radius 3 is 2.35 bits per heavy atom. The van der Waals surface area contributed by atoms with Crippen LogP contribution >= 0.6 is 31.3 Å². The van der Waals surface area contributed by atoms with Crippen LogP contribution < -0.4 is 12.3 Å². The van der Waals surface area contributed by atoms with E-state index in [9.17, 15) is 17.7 Å². The van der Waals surface area contributed by atoms with Gasteiger partial charge in [0.1, 0.15) is 0 Å². The predicted octanol–water partition coefficient (Wildman–Crippen LogP) is 3.34. The van der Waals surface area contributed by atoms with Crippen molar-refractivity contribution in [2.45, 2.75) is 6.36 Å². The lowest BCUT2D eigenvalue weighted by Gasteiger charge is -2.11. The number of hydrogen-bond donors (Lipinski definition) is 1. The molecule has 94 valence electrons. The van der Waals surface area contributed by atoms with Crippen LogP contribution in [-0.2, 0) is 4.57 Å². The summed E-state index contributed by atoms with van der Waals surface area (Å²) in [6.07, 6.45) is -4.90. The minimum absolute atomic E-state index is 0.329. The van der Waals surface area contributed by atoms with Gasteiger partial charge < -0.3 is 7.80 Å². The summed E-state index contributed by atoms with van der Waals surface area (Å²) in [5.74, 6) is -1.42. The summed E-state index contributed by atoms with van der Waals surface area (Å²) in [5, 5.41) is 0. The van der Waals surface area contributed by atoms with Gasteiger partial charge in [-0.05, 0) is 12.1 Å². The molecule has 0 saturated heterocycles. The molecule has 1 aromatic rings. The number of para-hydroxylation sites is 1. The number of rotatable bonds is 4. The van der Waals surface area contributed by atoms with Crippen LogP contribution in [0.1, 0.15) is 0 Å². The van der Waals surface area contributed by atoms with Crippen LogP contribution in [0.15, 0.2) is 18.2 Å². The van der Waals surface area contributed by atoms with Crippen molar-refractivity contribution >= 4 is 31.3 Å². The van der Waals surface area contributed by atoms with E-state index in [1.165, 1.54) is 29.1 Å². The zero-order valence-corrected chi connectivity index (χ0v) is 10.8. The molecule has 0 aromatic heterocycles. The predicted molar refractivity (Wildman–Crippen MR) is 58.2 cm³/mol. The molecule has 0 aliphatic rings. The minimum atomic E-state index is -4.90. The third-order valence-corrected chi connectivity index (χ3v) is 2.22. The van der Waals surface area contributed by atoms with Crippen molar-refractivity contribution in [1.29, 1.82) is 0 Å². The number of alkyl halides is 3. The van der Waals surface area contributed by atoms with Crippen molar-refractivity contribution in [2.75, 3.05) is 0 Å². The highest BCUT2D eigenvalue weighted by Crippen LogP contribution is 2.43. The Hall–Kier alpha value is -0.800. The van der Waals surface area contributed by atoms with E-state index < -0.39 is 26.1 Å². The van der Waals surface area contributed by atoms with Gasteiger partial charge in [-0.25, -0.2) is 4.52 Å². The van der Waals surface area contributed by atoms with Crippen molar-refractivity contribution in [1.82, 2.24) is 0 Å². The first-order valence-electron chi connectivity index (χ1n) is 3.85. The maximum atomic E-state index is 12.0. The van der Waals surface area contributed by atoms with Crippen LogP contribution in [0.3, 0.4) is 0 Å². The molecule has 0 heterocycles. The van der Waals surface area contributed by atoms with Crippen molar-refractivity contribution in [3.05, 3.63) is 18.2 Å². The molecule has 1 rings (SSSR count). The van der Waals surface area contributed by atoms with E-state index >= 15 is 0 Å². The Bertz CT molecular complexity index is 424. The smallest absolute Gasteiger partial charge is 0.419 e. The van der Waals surface area contributed by atoms with Gasteiger partial charge in [-0.15, -0.1) is 18.1 Å². The topological polar surface area (TPSA) is 65.0 Å². The van der Waals surface area contributed by atoms with Gasteiger partial charge >= 0.3 is 14.6 Å².